The van der Waals surface area contributed by atoms with Gasteiger partial charge < -0.3 is 14.9 Å². The van der Waals surface area contributed by atoms with E-state index in [1.807, 2.05) is 27.7 Å². The van der Waals surface area contributed by atoms with Gasteiger partial charge in [-0.15, -0.1) is 0 Å². The Morgan fingerprint density at radius 1 is 0.800 bits per heavy atom. The largest absolute Gasteiger partial charge is 0.396 e. The lowest BCUT2D eigenvalue weighted by Gasteiger charge is -2.36. The average molecular weight is 218 g/mol. The number of rotatable bonds is 8. The number of aliphatic hydroxyl groups excluding tert-OH is 2. The Kier molecular flexibility index (Phi) is 6.41. The maximum Gasteiger partial charge on any atom is 0.0634 e. The fourth-order valence-corrected chi connectivity index (χ4v) is 1.86. The predicted octanol–water partition coefficient (Wildman–Crippen LogP) is 2.11. The number of hydrogen-bond donors (Lipinski definition) is 2. The summed E-state index contributed by atoms with van der Waals surface area (Å²) in [6.07, 6.45) is 3.24. The van der Waals surface area contributed by atoms with Gasteiger partial charge in [-0.2, -0.15) is 0 Å². The first-order valence-corrected chi connectivity index (χ1v) is 5.75. The minimum atomic E-state index is -0.207. The molecule has 2 N–H and O–H groups in total. The molecule has 3 heteroatoms. The highest BCUT2D eigenvalue weighted by atomic mass is 16.5. The molecule has 0 aromatic heterocycles. The van der Waals surface area contributed by atoms with Crippen molar-refractivity contribution in [2.24, 2.45) is 0 Å². The van der Waals surface area contributed by atoms with E-state index in [1.165, 1.54) is 0 Å². The molecule has 0 unspecified atom stereocenters. The van der Waals surface area contributed by atoms with E-state index in [0.29, 0.717) is 0 Å². The van der Waals surface area contributed by atoms with Crippen molar-refractivity contribution < 1.29 is 14.9 Å². The Hall–Kier alpha value is -0.120. The van der Waals surface area contributed by atoms with Crippen molar-refractivity contribution in [3.63, 3.8) is 0 Å². The summed E-state index contributed by atoms with van der Waals surface area (Å²) in [5.74, 6) is 0. The lowest BCUT2D eigenvalue weighted by Crippen LogP contribution is -2.37. The molecule has 0 aliphatic carbocycles. The van der Waals surface area contributed by atoms with Crippen molar-refractivity contribution in [3.8, 4) is 0 Å². The number of aliphatic hydroxyl groups is 2. The molecule has 0 aromatic carbocycles. The first kappa shape index (κ1) is 14.9. The lowest BCUT2D eigenvalue weighted by molar-refractivity contribution is -0.132. The molecule has 0 heterocycles. The van der Waals surface area contributed by atoms with Crippen molar-refractivity contribution >= 4 is 0 Å². The molecular formula is C12H26O3. The molecule has 0 spiro atoms. The summed E-state index contributed by atoms with van der Waals surface area (Å²) in [4.78, 5) is 0. The predicted molar refractivity (Wildman–Crippen MR) is 61.9 cm³/mol. The minimum absolute atomic E-state index is 0.207. The molecule has 0 amide bonds. The summed E-state index contributed by atoms with van der Waals surface area (Å²) >= 11 is 0. The van der Waals surface area contributed by atoms with Crippen LogP contribution in [0.4, 0.5) is 0 Å². The summed E-state index contributed by atoms with van der Waals surface area (Å²) in [6, 6.07) is 0. The second-order valence-electron chi connectivity index (χ2n) is 5.28. The van der Waals surface area contributed by atoms with Gasteiger partial charge in [-0.05, 0) is 53.4 Å². The van der Waals surface area contributed by atoms with Crippen molar-refractivity contribution in [1.82, 2.24) is 0 Å². The highest BCUT2D eigenvalue weighted by Crippen LogP contribution is 2.27. The molecule has 0 atom stereocenters. The van der Waals surface area contributed by atoms with Crippen molar-refractivity contribution in [2.45, 2.75) is 64.6 Å². The van der Waals surface area contributed by atoms with Gasteiger partial charge in [0.2, 0.25) is 0 Å². The highest BCUT2D eigenvalue weighted by molar-refractivity contribution is 4.77. The molecular weight excluding hydrogens is 192 g/mol. The van der Waals surface area contributed by atoms with Crippen LogP contribution in [0.25, 0.3) is 0 Å². The first-order chi connectivity index (χ1) is 6.83. The van der Waals surface area contributed by atoms with Gasteiger partial charge in [0.25, 0.3) is 0 Å². The van der Waals surface area contributed by atoms with Crippen LogP contribution in [0.2, 0.25) is 0 Å². The molecule has 3 nitrogen and oxygen atoms in total. The molecule has 92 valence electrons. The molecule has 0 aromatic rings. The van der Waals surface area contributed by atoms with E-state index in [4.69, 9.17) is 14.9 Å². The third-order valence-electron chi connectivity index (χ3n) is 2.43. The van der Waals surface area contributed by atoms with Gasteiger partial charge in [-0.1, -0.05) is 0 Å². The van der Waals surface area contributed by atoms with Crippen LogP contribution in [0.1, 0.15) is 53.4 Å². The maximum absolute atomic E-state index is 8.78. The summed E-state index contributed by atoms with van der Waals surface area (Å²) in [7, 11) is 0. The van der Waals surface area contributed by atoms with Crippen molar-refractivity contribution in [1.29, 1.82) is 0 Å². The smallest absolute Gasteiger partial charge is 0.0634 e. The summed E-state index contributed by atoms with van der Waals surface area (Å²) in [6.45, 7) is 8.60. The summed E-state index contributed by atoms with van der Waals surface area (Å²) in [5.41, 5.74) is -0.413. The van der Waals surface area contributed by atoms with Crippen LogP contribution in [0.5, 0.6) is 0 Å². The van der Waals surface area contributed by atoms with Crippen LogP contribution in [-0.4, -0.2) is 34.6 Å². The fourth-order valence-electron chi connectivity index (χ4n) is 1.86. The summed E-state index contributed by atoms with van der Waals surface area (Å²) in [5, 5.41) is 17.6. The van der Waals surface area contributed by atoms with E-state index in [2.05, 4.69) is 0 Å². The Morgan fingerprint density at radius 2 is 1.13 bits per heavy atom. The van der Waals surface area contributed by atoms with Crippen LogP contribution in [0.15, 0.2) is 0 Å². The van der Waals surface area contributed by atoms with E-state index in [0.717, 1.165) is 25.7 Å². The molecule has 0 rings (SSSR count). The SMILES string of the molecule is CC(C)(CCCO)OC(C)(C)CCCO. The van der Waals surface area contributed by atoms with E-state index >= 15 is 0 Å². The second kappa shape index (κ2) is 6.46. The Balaban J connectivity index is 4.04. The standard InChI is InChI=1S/C12H26O3/c1-11(2,7-5-9-13)15-12(3,4)8-6-10-14/h13-14H,5-10H2,1-4H3. The third kappa shape index (κ3) is 7.77. The first-order valence-electron chi connectivity index (χ1n) is 5.75. The monoisotopic (exact) mass is 218 g/mol. The van der Waals surface area contributed by atoms with E-state index in [-0.39, 0.29) is 24.4 Å². The highest BCUT2D eigenvalue weighted by Gasteiger charge is 2.28. The van der Waals surface area contributed by atoms with Gasteiger partial charge in [0.05, 0.1) is 11.2 Å². The second-order valence-corrected chi connectivity index (χ2v) is 5.28. The molecule has 0 aliphatic heterocycles. The van der Waals surface area contributed by atoms with Crippen molar-refractivity contribution in [2.75, 3.05) is 13.2 Å². The Labute approximate surface area is 93.5 Å². The average Bonchev–Trinajstić information content (AvgIpc) is 2.10. The van der Waals surface area contributed by atoms with Crippen LogP contribution in [0.3, 0.4) is 0 Å². The van der Waals surface area contributed by atoms with E-state index in [1.54, 1.807) is 0 Å². The molecule has 0 aliphatic rings. The normalized spacial score (nSPS) is 13.2. The van der Waals surface area contributed by atoms with Gasteiger partial charge in [-0.3, -0.25) is 0 Å². The third-order valence-corrected chi connectivity index (χ3v) is 2.43. The van der Waals surface area contributed by atoms with Gasteiger partial charge in [-0.25, -0.2) is 0 Å². The van der Waals surface area contributed by atoms with Gasteiger partial charge in [0.15, 0.2) is 0 Å². The van der Waals surface area contributed by atoms with Gasteiger partial charge in [0.1, 0.15) is 0 Å². The number of hydrogen-bond acceptors (Lipinski definition) is 3. The fraction of sp³-hybridized carbons (Fsp3) is 1.00. The van der Waals surface area contributed by atoms with Crippen LogP contribution in [-0.2, 0) is 4.74 Å². The molecule has 0 saturated carbocycles. The zero-order valence-electron chi connectivity index (χ0n) is 10.5. The van der Waals surface area contributed by atoms with Crippen LogP contribution >= 0.6 is 0 Å². The Morgan fingerprint density at radius 3 is 1.40 bits per heavy atom. The molecule has 15 heavy (non-hydrogen) atoms. The van der Waals surface area contributed by atoms with Crippen LogP contribution in [0, 0.1) is 0 Å². The van der Waals surface area contributed by atoms with E-state index < -0.39 is 0 Å². The Bertz CT molecular complexity index is 146. The van der Waals surface area contributed by atoms with Gasteiger partial charge >= 0.3 is 0 Å². The minimum Gasteiger partial charge on any atom is -0.396 e. The molecule has 0 fully saturated rings. The quantitative estimate of drug-likeness (QED) is 0.656. The zero-order valence-corrected chi connectivity index (χ0v) is 10.5. The van der Waals surface area contributed by atoms with E-state index in [9.17, 15) is 0 Å². The zero-order chi connectivity index (χ0) is 11.9. The maximum atomic E-state index is 8.78. The number of ether oxygens (including phenoxy) is 1. The lowest BCUT2D eigenvalue weighted by atomic mass is 9.97. The summed E-state index contributed by atoms with van der Waals surface area (Å²) < 4.78 is 6.01. The topological polar surface area (TPSA) is 49.7 Å². The van der Waals surface area contributed by atoms with Gasteiger partial charge in [0, 0.05) is 13.2 Å². The van der Waals surface area contributed by atoms with Crippen LogP contribution < -0.4 is 0 Å². The molecule has 0 radical (unpaired) electrons. The molecule has 0 bridgehead atoms. The molecule has 0 saturated heterocycles. The van der Waals surface area contributed by atoms with Crippen molar-refractivity contribution in [3.05, 3.63) is 0 Å².